The molecule has 0 bridgehead atoms. The predicted octanol–water partition coefficient (Wildman–Crippen LogP) is 3.02. The highest BCUT2D eigenvalue weighted by atomic mass is 16.5. The number of hydrogen-bond donors (Lipinski definition) is 0. The van der Waals surface area contributed by atoms with Crippen LogP contribution in [0.1, 0.15) is 11.6 Å². The molecule has 0 spiro atoms. The van der Waals surface area contributed by atoms with Crippen molar-refractivity contribution < 1.29 is 4.74 Å². The lowest BCUT2D eigenvalue weighted by atomic mass is 10.1. The van der Waals surface area contributed by atoms with E-state index in [0.29, 0.717) is 6.54 Å². The molecular weight excluding hydrogens is 240 g/mol. The van der Waals surface area contributed by atoms with Crippen molar-refractivity contribution in [1.82, 2.24) is 4.98 Å². The lowest BCUT2D eigenvalue weighted by Gasteiger charge is -2.22. The highest BCUT2D eigenvalue weighted by Crippen LogP contribution is 2.32. The van der Waals surface area contributed by atoms with E-state index in [0.717, 1.165) is 17.0 Å². The Morgan fingerprint density at radius 2 is 1.84 bits per heavy atom. The number of ether oxygens (including phenoxy) is 1. The van der Waals surface area contributed by atoms with Gasteiger partial charge in [0.15, 0.2) is 0 Å². The fourth-order valence-electron chi connectivity index (χ4n) is 2.12. The molecule has 1 aliphatic heterocycles. The second kappa shape index (κ2) is 5.06. The molecule has 0 aliphatic carbocycles. The molecule has 0 radical (unpaired) electrons. The summed E-state index contributed by atoms with van der Waals surface area (Å²) in [7, 11) is 1.66. The second-order valence-corrected chi connectivity index (χ2v) is 4.25. The van der Waals surface area contributed by atoms with Gasteiger partial charge in [0.05, 0.1) is 19.3 Å². The van der Waals surface area contributed by atoms with Gasteiger partial charge in [0.2, 0.25) is 0 Å². The predicted molar refractivity (Wildman–Crippen MR) is 72.2 cm³/mol. The van der Waals surface area contributed by atoms with Crippen LogP contribution in [0.4, 0.5) is 5.69 Å². The van der Waals surface area contributed by atoms with E-state index in [2.05, 4.69) is 15.3 Å². The second-order valence-electron chi connectivity index (χ2n) is 4.25. The van der Waals surface area contributed by atoms with Crippen molar-refractivity contribution in [2.75, 3.05) is 18.7 Å². The van der Waals surface area contributed by atoms with Crippen molar-refractivity contribution in [3.8, 4) is 5.75 Å². The van der Waals surface area contributed by atoms with Gasteiger partial charge >= 0.3 is 0 Å². The molecule has 1 atom stereocenters. The molecule has 0 amide bonds. The number of hydrogen-bond acceptors (Lipinski definition) is 5. The molecule has 96 valence electrons. The minimum Gasteiger partial charge on any atom is -0.497 e. The van der Waals surface area contributed by atoms with Gasteiger partial charge < -0.3 is 4.74 Å². The molecule has 2 heterocycles. The Morgan fingerprint density at radius 3 is 2.53 bits per heavy atom. The molecule has 0 saturated heterocycles. The SMILES string of the molecule is COc1ccc(N2N=NCC2c2ccncc2)cc1. The summed E-state index contributed by atoms with van der Waals surface area (Å²) in [6.45, 7) is 0.663. The van der Waals surface area contributed by atoms with E-state index in [1.807, 2.05) is 41.4 Å². The first-order valence-corrected chi connectivity index (χ1v) is 6.09. The summed E-state index contributed by atoms with van der Waals surface area (Å²) in [5, 5.41) is 10.3. The van der Waals surface area contributed by atoms with Crippen LogP contribution in [-0.2, 0) is 0 Å². The first kappa shape index (κ1) is 11.6. The molecule has 5 heteroatoms. The third-order valence-electron chi connectivity index (χ3n) is 3.14. The topological polar surface area (TPSA) is 50.1 Å². The fourth-order valence-corrected chi connectivity index (χ4v) is 2.12. The van der Waals surface area contributed by atoms with E-state index in [-0.39, 0.29) is 6.04 Å². The van der Waals surface area contributed by atoms with Crippen LogP contribution in [0.25, 0.3) is 0 Å². The van der Waals surface area contributed by atoms with Gasteiger partial charge in [-0.05, 0) is 42.0 Å². The Balaban J connectivity index is 1.88. The van der Waals surface area contributed by atoms with Crippen molar-refractivity contribution in [1.29, 1.82) is 0 Å². The van der Waals surface area contributed by atoms with Crippen LogP contribution in [0.2, 0.25) is 0 Å². The Kier molecular flexibility index (Phi) is 3.10. The quantitative estimate of drug-likeness (QED) is 0.846. The van der Waals surface area contributed by atoms with Gasteiger partial charge in [-0.25, -0.2) is 5.01 Å². The van der Waals surface area contributed by atoms with E-state index in [1.165, 1.54) is 0 Å². The number of pyridine rings is 1. The molecule has 0 N–H and O–H groups in total. The molecule has 0 saturated carbocycles. The molecule has 1 unspecified atom stereocenters. The zero-order valence-electron chi connectivity index (χ0n) is 10.6. The minimum atomic E-state index is 0.136. The van der Waals surface area contributed by atoms with Crippen LogP contribution in [0.15, 0.2) is 59.1 Å². The average molecular weight is 254 g/mol. The maximum atomic E-state index is 5.16. The Bertz CT molecular complexity index is 568. The van der Waals surface area contributed by atoms with E-state index in [9.17, 15) is 0 Å². The molecule has 0 fully saturated rings. The molecule has 1 aliphatic rings. The number of methoxy groups -OCH3 is 1. The standard InChI is InChI=1S/C14H14N4O/c1-19-13-4-2-12(3-5-13)18-14(10-16-17-18)11-6-8-15-9-7-11/h2-9,14H,10H2,1H3. The van der Waals surface area contributed by atoms with Crippen LogP contribution in [0, 0.1) is 0 Å². The molecular formula is C14H14N4O. The van der Waals surface area contributed by atoms with Crippen LogP contribution < -0.4 is 9.75 Å². The first-order chi connectivity index (χ1) is 9.38. The number of aromatic nitrogens is 1. The fraction of sp³-hybridized carbons (Fsp3) is 0.214. The lowest BCUT2D eigenvalue weighted by Crippen LogP contribution is -2.20. The largest absolute Gasteiger partial charge is 0.497 e. The summed E-state index contributed by atoms with van der Waals surface area (Å²) in [6, 6.07) is 11.9. The third kappa shape index (κ3) is 2.27. The van der Waals surface area contributed by atoms with Crippen molar-refractivity contribution in [2.45, 2.75) is 6.04 Å². The average Bonchev–Trinajstić information content (AvgIpc) is 2.98. The Hall–Kier alpha value is -2.43. The Labute approximate surface area is 111 Å². The van der Waals surface area contributed by atoms with E-state index >= 15 is 0 Å². The van der Waals surface area contributed by atoms with E-state index in [4.69, 9.17) is 4.74 Å². The summed E-state index contributed by atoms with van der Waals surface area (Å²) in [4.78, 5) is 4.04. The molecule has 1 aromatic heterocycles. The summed E-state index contributed by atoms with van der Waals surface area (Å²) in [5.41, 5.74) is 2.17. The Morgan fingerprint density at radius 1 is 1.11 bits per heavy atom. The van der Waals surface area contributed by atoms with Crippen molar-refractivity contribution >= 4 is 5.69 Å². The van der Waals surface area contributed by atoms with Gasteiger partial charge in [-0.1, -0.05) is 5.22 Å². The highest BCUT2D eigenvalue weighted by molar-refractivity contribution is 5.50. The summed E-state index contributed by atoms with van der Waals surface area (Å²) in [5.74, 6) is 0.834. The van der Waals surface area contributed by atoms with E-state index < -0.39 is 0 Å². The number of benzene rings is 1. The zero-order valence-corrected chi connectivity index (χ0v) is 10.6. The molecule has 5 nitrogen and oxygen atoms in total. The number of nitrogens with zero attached hydrogens (tertiary/aromatic N) is 4. The maximum absolute atomic E-state index is 5.16. The molecule has 3 rings (SSSR count). The summed E-state index contributed by atoms with van der Waals surface area (Å²) in [6.07, 6.45) is 3.58. The van der Waals surface area contributed by atoms with Crippen LogP contribution in [-0.4, -0.2) is 18.6 Å². The normalized spacial score (nSPS) is 17.7. The molecule has 1 aromatic carbocycles. The van der Waals surface area contributed by atoms with Gasteiger partial charge in [-0.2, -0.15) is 5.11 Å². The number of anilines is 1. The molecule has 2 aromatic rings. The van der Waals surface area contributed by atoms with Gasteiger partial charge in [0.25, 0.3) is 0 Å². The maximum Gasteiger partial charge on any atom is 0.119 e. The third-order valence-corrected chi connectivity index (χ3v) is 3.14. The van der Waals surface area contributed by atoms with E-state index in [1.54, 1.807) is 19.5 Å². The van der Waals surface area contributed by atoms with Crippen LogP contribution in [0.5, 0.6) is 5.75 Å². The van der Waals surface area contributed by atoms with Crippen LogP contribution >= 0.6 is 0 Å². The van der Waals surface area contributed by atoms with Gasteiger partial charge in [-0.15, -0.1) is 0 Å². The number of rotatable bonds is 3. The van der Waals surface area contributed by atoms with Gasteiger partial charge in [0.1, 0.15) is 11.8 Å². The smallest absolute Gasteiger partial charge is 0.119 e. The molecule has 19 heavy (non-hydrogen) atoms. The lowest BCUT2D eigenvalue weighted by molar-refractivity contribution is 0.415. The summed E-state index contributed by atoms with van der Waals surface area (Å²) < 4.78 is 5.16. The van der Waals surface area contributed by atoms with Crippen LogP contribution in [0.3, 0.4) is 0 Å². The zero-order chi connectivity index (χ0) is 13.1. The van der Waals surface area contributed by atoms with Gasteiger partial charge in [-0.3, -0.25) is 4.98 Å². The monoisotopic (exact) mass is 254 g/mol. The highest BCUT2D eigenvalue weighted by Gasteiger charge is 2.25. The van der Waals surface area contributed by atoms with Crippen molar-refractivity contribution in [3.05, 3.63) is 54.4 Å². The first-order valence-electron chi connectivity index (χ1n) is 6.09. The van der Waals surface area contributed by atoms with Gasteiger partial charge in [0, 0.05) is 12.4 Å². The van der Waals surface area contributed by atoms with Crippen molar-refractivity contribution in [3.63, 3.8) is 0 Å². The minimum absolute atomic E-state index is 0.136. The van der Waals surface area contributed by atoms with Crippen molar-refractivity contribution in [2.24, 2.45) is 10.3 Å². The summed E-state index contributed by atoms with van der Waals surface area (Å²) >= 11 is 0.